The molecule has 0 aliphatic carbocycles. The first-order valence-electron chi connectivity index (χ1n) is 6.00. The summed E-state index contributed by atoms with van der Waals surface area (Å²) in [6.45, 7) is 1.54. The minimum atomic E-state index is -2.26. The lowest BCUT2D eigenvalue weighted by atomic mass is 9.96. The Kier molecular flexibility index (Phi) is 4.16. The van der Waals surface area contributed by atoms with E-state index in [1.807, 2.05) is 0 Å². The molecule has 0 atom stereocenters. The van der Waals surface area contributed by atoms with Gasteiger partial charge in [0.1, 0.15) is 0 Å². The maximum absolute atomic E-state index is 13.9. The number of rotatable bonds is 2. The summed E-state index contributed by atoms with van der Waals surface area (Å²) >= 11 is 0. The van der Waals surface area contributed by atoms with Crippen molar-refractivity contribution >= 4 is 5.97 Å². The monoisotopic (exact) mass is 316 g/mol. The van der Waals surface area contributed by atoms with E-state index in [0.29, 0.717) is 5.56 Å². The first-order valence-corrected chi connectivity index (χ1v) is 6.00. The number of hydrogen-bond donors (Lipinski definition) is 0. The number of ether oxygens (including phenoxy) is 1. The average Bonchev–Trinajstić information content (AvgIpc) is 2.50. The van der Waals surface area contributed by atoms with Gasteiger partial charge in [0.25, 0.3) is 0 Å². The van der Waals surface area contributed by atoms with Crippen molar-refractivity contribution in [2.24, 2.45) is 0 Å². The van der Waals surface area contributed by atoms with Crippen LogP contribution in [0.1, 0.15) is 15.9 Å². The third-order valence-electron chi connectivity index (χ3n) is 3.06. The topological polar surface area (TPSA) is 26.3 Å². The zero-order chi connectivity index (χ0) is 16.6. The highest BCUT2D eigenvalue weighted by Crippen LogP contribution is 2.34. The van der Waals surface area contributed by atoms with E-state index in [4.69, 9.17) is 0 Å². The fourth-order valence-corrected chi connectivity index (χ4v) is 1.99. The molecule has 0 unspecified atom stereocenters. The fraction of sp³-hybridized carbons (Fsp3) is 0.133. The quantitative estimate of drug-likeness (QED) is 0.360. The number of esters is 1. The zero-order valence-corrected chi connectivity index (χ0v) is 11.4. The van der Waals surface area contributed by atoms with Gasteiger partial charge in [-0.3, -0.25) is 0 Å². The molecule has 7 heteroatoms. The summed E-state index contributed by atoms with van der Waals surface area (Å²) < 4.78 is 72.0. The van der Waals surface area contributed by atoms with E-state index < -0.39 is 46.2 Å². The Morgan fingerprint density at radius 1 is 0.909 bits per heavy atom. The van der Waals surface area contributed by atoms with E-state index >= 15 is 0 Å². The third-order valence-corrected chi connectivity index (χ3v) is 3.06. The zero-order valence-electron chi connectivity index (χ0n) is 11.4. The van der Waals surface area contributed by atoms with Gasteiger partial charge in [-0.05, 0) is 13.0 Å². The van der Waals surface area contributed by atoms with Crippen LogP contribution in [-0.4, -0.2) is 13.1 Å². The highest BCUT2D eigenvalue weighted by atomic mass is 19.2. The number of benzene rings is 2. The molecule has 0 N–H and O–H groups in total. The van der Waals surface area contributed by atoms with Crippen LogP contribution in [0.3, 0.4) is 0 Å². The van der Waals surface area contributed by atoms with Gasteiger partial charge < -0.3 is 4.74 Å². The summed E-state index contributed by atoms with van der Waals surface area (Å²) in [5.41, 5.74) is -1.44. The van der Waals surface area contributed by atoms with Gasteiger partial charge in [-0.25, -0.2) is 26.7 Å². The Bertz CT molecular complexity index is 742. The van der Waals surface area contributed by atoms with Crippen molar-refractivity contribution in [2.75, 3.05) is 7.11 Å². The van der Waals surface area contributed by atoms with Crippen LogP contribution < -0.4 is 0 Å². The molecule has 0 radical (unpaired) electrons. The van der Waals surface area contributed by atoms with E-state index in [2.05, 4.69) is 4.74 Å². The molecule has 22 heavy (non-hydrogen) atoms. The van der Waals surface area contributed by atoms with E-state index in [-0.39, 0.29) is 5.56 Å². The molecule has 0 aliphatic rings. The lowest BCUT2D eigenvalue weighted by molar-refractivity contribution is 0.0601. The van der Waals surface area contributed by atoms with Gasteiger partial charge in [0.05, 0.1) is 18.2 Å². The molecule has 2 rings (SSSR count). The number of aryl methyl sites for hydroxylation is 1. The Balaban J connectivity index is 2.88. The first-order chi connectivity index (χ1) is 10.3. The van der Waals surface area contributed by atoms with Gasteiger partial charge in [-0.15, -0.1) is 0 Å². The van der Waals surface area contributed by atoms with Gasteiger partial charge in [0, 0.05) is 5.56 Å². The molecule has 0 saturated heterocycles. The molecule has 0 aromatic heterocycles. The van der Waals surface area contributed by atoms with Crippen molar-refractivity contribution in [3.63, 3.8) is 0 Å². The maximum Gasteiger partial charge on any atom is 0.338 e. The molecular weight excluding hydrogens is 307 g/mol. The molecule has 0 heterocycles. The molecule has 0 saturated carbocycles. The second kappa shape index (κ2) is 5.75. The van der Waals surface area contributed by atoms with Crippen molar-refractivity contribution in [2.45, 2.75) is 6.92 Å². The van der Waals surface area contributed by atoms with Gasteiger partial charge in [-0.2, -0.15) is 0 Å². The van der Waals surface area contributed by atoms with E-state index in [9.17, 15) is 26.7 Å². The van der Waals surface area contributed by atoms with Crippen molar-refractivity contribution in [3.05, 3.63) is 58.4 Å². The lowest BCUT2D eigenvalue weighted by Gasteiger charge is -2.12. The SMILES string of the molecule is COC(=O)c1ccc(C)cc1-c1c(F)c(F)c(F)c(F)c1F. The molecule has 2 nitrogen and oxygen atoms in total. The Labute approximate surface area is 122 Å². The first kappa shape index (κ1) is 15.9. The van der Waals surface area contributed by atoms with Crippen molar-refractivity contribution in [3.8, 4) is 11.1 Å². The van der Waals surface area contributed by atoms with Gasteiger partial charge in [0.2, 0.25) is 5.82 Å². The normalized spacial score (nSPS) is 10.7. The minimum Gasteiger partial charge on any atom is -0.465 e. The van der Waals surface area contributed by atoms with Crippen LogP contribution in [0.2, 0.25) is 0 Å². The molecule has 0 amide bonds. The predicted molar refractivity (Wildman–Crippen MR) is 67.7 cm³/mol. The lowest BCUT2D eigenvalue weighted by Crippen LogP contribution is -2.09. The van der Waals surface area contributed by atoms with E-state index in [1.54, 1.807) is 0 Å². The van der Waals surface area contributed by atoms with E-state index in [0.717, 1.165) is 13.2 Å². The van der Waals surface area contributed by atoms with Crippen molar-refractivity contribution in [1.29, 1.82) is 0 Å². The Morgan fingerprint density at radius 2 is 1.41 bits per heavy atom. The molecule has 0 spiro atoms. The summed E-state index contributed by atoms with van der Waals surface area (Å²) in [4.78, 5) is 11.6. The van der Waals surface area contributed by atoms with Crippen molar-refractivity contribution in [1.82, 2.24) is 0 Å². The largest absolute Gasteiger partial charge is 0.465 e. The highest BCUT2D eigenvalue weighted by Gasteiger charge is 2.29. The predicted octanol–water partition coefficient (Wildman–Crippen LogP) is 4.14. The second-order valence-electron chi connectivity index (χ2n) is 4.49. The average molecular weight is 316 g/mol. The van der Waals surface area contributed by atoms with Crippen LogP contribution in [0.15, 0.2) is 18.2 Å². The standard InChI is InChI=1S/C15H9F5O2/c1-6-3-4-7(15(21)22-2)8(5-6)9-10(16)12(18)14(20)13(19)11(9)17/h3-5H,1-2H3. The number of hydrogen-bond acceptors (Lipinski definition) is 2. The summed E-state index contributed by atoms with van der Waals surface area (Å²) in [6.07, 6.45) is 0. The Hall–Kier alpha value is -2.44. The molecular formula is C15H9F5O2. The summed E-state index contributed by atoms with van der Waals surface area (Å²) in [5, 5.41) is 0. The summed E-state index contributed by atoms with van der Waals surface area (Å²) in [5.74, 6) is -11.4. The molecule has 0 bridgehead atoms. The smallest absolute Gasteiger partial charge is 0.338 e. The van der Waals surface area contributed by atoms with Gasteiger partial charge in [0.15, 0.2) is 23.3 Å². The number of carbonyl (C=O) groups is 1. The summed E-state index contributed by atoms with van der Waals surface area (Å²) in [7, 11) is 1.03. The number of carbonyl (C=O) groups excluding carboxylic acids is 1. The van der Waals surface area contributed by atoms with E-state index in [1.165, 1.54) is 19.1 Å². The van der Waals surface area contributed by atoms with Crippen LogP contribution in [0.5, 0.6) is 0 Å². The van der Waals surface area contributed by atoms with Gasteiger partial charge >= 0.3 is 5.97 Å². The van der Waals surface area contributed by atoms with Crippen LogP contribution >= 0.6 is 0 Å². The fourth-order valence-electron chi connectivity index (χ4n) is 1.99. The second-order valence-corrected chi connectivity index (χ2v) is 4.49. The molecule has 2 aromatic rings. The van der Waals surface area contributed by atoms with Crippen LogP contribution in [0.4, 0.5) is 22.0 Å². The molecule has 116 valence electrons. The highest BCUT2D eigenvalue weighted by molar-refractivity contribution is 5.97. The van der Waals surface area contributed by atoms with Crippen molar-refractivity contribution < 1.29 is 31.5 Å². The number of halogens is 5. The molecule has 0 fully saturated rings. The number of methoxy groups -OCH3 is 1. The molecule has 2 aromatic carbocycles. The molecule has 0 aliphatic heterocycles. The summed E-state index contributed by atoms with van der Waals surface area (Å²) in [6, 6.07) is 3.78. The minimum absolute atomic E-state index is 0.309. The third kappa shape index (κ3) is 2.43. The van der Waals surface area contributed by atoms with Gasteiger partial charge in [-0.1, -0.05) is 17.7 Å². The van der Waals surface area contributed by atoms with Crippen LogP contribution in [-0.2, 0) is 4.74 Å². The Morgan fingerprint density at radius 3 is 1.91 bits per heavy atom. The van der Waals surface area contributed by atoms with Crippen LogP contribution in [0.25, 0.3) is 11.1 Å². The van der Waals surface area contributed by atoms with Crippen LogP contribution in [0, 0.1) is 36.0 Å². The maximum atomic E-state index is 13.9.